The average Bonchev–Trinajstić information content (AvgIpc) is 2.46. The van der Waals surface area contributed by atoms with Crippen LogP contribution in [0.4, 0.5) is 5.69 Å². The minimum atomic E-state index is -0.690. The largest absolute Gasteiger partial charge is 0.360 e. The van der Waals surface area contributed by atoms with Gasteiger partial charge in [-0.05, 0) is 6.07 Å². The van der Waals surface area contributed by atoms with Gasteiger partial charge in [-0.25, -0.2) is 0 Å². The van der Waals surface area contributed by atoms with Gasteiger partial charge in [0, 0.05) is 12.6 Å². The summed E-state index contributed by atoms with van der Waals surface area (Å²) in [4.78, 5) is 23.9. The molecule has 1 atom stereocenters. The molecule has 104 valence electrons. The Labute approximate surface area is 119 Å². The molecule has 0 radical (unpaired) electrons. The summed E-state index contributed by atoms with van der Waals surface area (Å²) >= 11 is 5.90. The molecular formula is C12H10ClN3O4. The van der Waals surface area contributed by atoms with Crippen LogP contribution in [0.1, 0.15) is 10.4 Å². The van der Waals surface area contributed by atoms with E-state index in [4.69, 9.17) is 21.6 Å². The Bertz CT molecular complexity index is 599. The topological polar surface area (TPSA) is 96.5 Å². The van der Waals surface area contributed by atoms with Crippen molar-refractivity contribution in [3.63, 3.8) is 0 Å². The van der Waals surface area contributed by atoms with Gasteiger partial charge in [0.15, 0.2) is 6.10 Å². The monoisotopic (exact) mass is 295 g/mol. The Morgan fingerprint density at radius 1 is 1.60 bits per heavy atom. The SMILES string of the molecule is N#CC1CN(C(=O)c2cccc([N+](=O)[O-])c2Cl)CCO1. The van der Waals surface area contributed by atoms with Crippen molar-refractivity contribution in [2.45, 2.75) is 6.10 Å². The average molecular weight is 296 g/mol. The number of ether oxygens (including phenoxy) is 1. The van der Waals surface area contributed by atoms with Gasteiger partial charge < -0.3 is 9.64 Å². The van der Waals surface area contributed by atoms with Crippen molar-refractivity contribution in [1.82, 2.24) is 4.90 Å². The van der Waals surface area contributed by atoms with Gasteiger partial charge in [-0.15, -0.1) is 0 Å². The fourth-order valence-corrected chi connectivity index (χ4v) is 2.18. The number of nitrogens with zero attached hydrogens (tertiary/aromatic N) is 3. The van der Waals surface area contributed by atoms with Crippen LogP contribution >= 0.6 is 11.6 Å². The van der Waals surface area contributed by atoms with E-state index in [0.717, 1.165) is 0 Å². The van der Waals surface area contributed by atoms with Crippen LogP contribution in [0, 0.1) is 21.4 Å². The number of morpholine rings is 1. The Hall–Kier alpha value is -2.17. The van der Waals surface area contributed by atoms with Crippen LogP contribution in [0.15, 0.2) is 18.2 Å². The van der Waals surface area contributed by atoms with Crippen LogP contribution in [0.2, 0.25) is 5.02 Å². The number of hydrogen-bond donors (Lipinski definition) is 0. The summed E-state index contributed by atoms with van der Waals surface area (Å²) in [5, 5.41) is 19.4. The van der Waals surface area contributed by atoms with Crippen molar-refractivity contribution in [2.75, 3.05) is 19.7 Å². The first-order valence-corrected chi connectivity index (χ1v) is 6.15. The first-order chi connectivity index (χ1) is 9.54. The highest BCUT2D eigenvalue weighted by Crippen LogP contribution is 2.28. The molecule has 0 aromatic heterocycles. The van der Waals surface area contributed by atoms with E-state index < -0.39 is 16.9 Å². The van der Waals surface area contributed by atoms with Gasteiger partial charge in [-0.1, -0.05) is 17.7 Å². The number of halogens is 1. The Kier molecular flexibility index (Phi) is 4.17. The van der Waals surface area contributed by atoms with Crippen molar-refractivity contribution in [3.8, 4) is 6.07 Å². The maximum Gasteiger partial charge on any atom is 0.288 e. The van der Waals surface area contributed by atoms with Crippen molar-refractivity contribution in [3.05, 3.63) is 38.9 Å². The highest BCUT2D eigenvalue weighted by atomic mass is 35.5. The van der Waals surface area contributed by atoms with E-state index in [1.165, 1.54) is 23.1 Å². The Morgan fingerprint density at radius 3 is 3.00 bits per heavy atom. The molecular weight excluding hydrogens is 286 g/mol. The van der Waals surface area contributed by atoms with Crippen molar-refractivity contribution in [1.29, 1.82) is 5.26 Å². The highest BCUT2D eigenvalue weighted by Gasteiger charge is 2.28. The molecule has 8 heteroatoms. The van der Waals surface area contributed by atoms with Gasteiger partial charge in [0.1, 0.15) is 5.02 Å². The number of nitro benzene ring substituents is 1. The molecule has 0 N–H and O–H groups in total. The first kappa shape index (κ1) is 14.2. The molecule has 1 aromatic rings. The molecule has 0 bridgehead atoms. The van der Waals surface area contributed by atoms with Crippen LogP contribution in [0.25, 0.3) is 0 Å². The predicted molar refractivity (Wildman–Crippen MR) is 69.4 cm³/mol. The molecule has 1 aromatic carbocycles. The molecule has 0 saturated carbocycles. The van der Waals surface area contributed by atoms with Gasteiger partial charge in [-0.2, -0.15) is 5.26 Å². The highest BCUT2D eigenvalue weighted by molar-refractivity contribution is 6.35. The van der Waals surface area contributed by atoms with E-state index in [1.54, 1.807) is 0 Å². The molecule has 0 spiro atoms. The normalized spacial score (nSPS) is 18.4. The molecule has 20 heavy (non-hydrogen) atoms. The number of nitro groups is 1. The summed E-state index contributed by atoms with van der Waals surface area (Å²) in [6.45, 7) is 0.681. The van der Waals surface area contributed by atoms with E-state index in [2.05, 4.69) is 0 Å². The first-order valence-electron chi connectivity index (χ1n) is 5.78. The second-order valence-electron chi connectivity index (χ2n) is 4.14. The number of nitriles is 1. The number of hydrogen-bond acceptors (Lipinski definition) is 5. The number of amides is 1. The second-order valence-corrected chi connectivity index (χ2v) is 4.51. The maximum absolute atomic E-state index is 12.3. The zero-order chi connectivity index (χ0) is 14.7. The van der Waals surface area contributed by atoms with Gasteiger partial charge in [0.2, 0.25) is 0 Å². The summed E-state index contributed by atoms with van der Waals surface area (Å²) in [6, 6.07) is 5.99. The lowest BCUT2D eigenvalue weighted by Crippen LogP contribution is -2.45. The molecule has 7 nitrogen and oxygen atoms in total. The summed E-state index contributed by atoms with van der Waals surface area (Å²) in [5.74, 6) is -0.442. The molecule has 2 rings (SSSR count). The van der Waals surface area contributed by atoms with E-state index in [9.17, 15) is 14.9 Å². The lowest BCUT2D eigenvalue weighted by atomic mass is 10.1. The van der Waals surface area contributed by atoms with Crippen molar-refractivity contribution < 1.29 is 14.5 Å². The van der Waals surface area contributed by atoms with Crippen LogP contribution < -0.4 is 0 Å². The maximum atomic E-state index is 12.3. The van der Waals surface area contributed by atoms with Crippen molar-refractivity contribution in [2.24, 2.45) is 0 Å². The zero-order valence-electron chi connectivity index (χ0n) is 10.3. The quantitative estimate of drug-likeness (QED) is 0.610. The molecule has 1 fully saturated rings. The standard InChI is InChI=1S/C12H10ClN3O4/c13-11-9(2-1-3-10(11)16(18)19)12(17)15-4-5-20-8(6-14)7-15/h1-3,8H,4-5,7H2. The molecule has 1 heterocycles. The van der Waals surface area contributed by atoms with E-state index in [0.29, 0.717) is 6.54 Å². The summed E-state index contributed by atoms with van der Waals surface area (Å²) < 4.78 is 5.14. The molecule has 1 saturated heterocycles. The van der Waals surface area contributed by atoms with Crippen LogP contribution in [-0.4, -0.2) is 41.5 Å². The fraction of sp³-hybridized carbons (Fsp3) is 0.333. The number of carbonyl (C=O) groups excluding carboxylic acids is 1. The third kappa shape index (κ3) is 2.71. The van der Waals surface area contributed by atoms with Crippen molar-refractivity contribution >= 4 is 23.2 Å². The zero-order valence-corrected chi connectivity index (χ0v) is 11.0. The van der Waals surface area contributed by atoms with Crippen LogP contribution in [-0.2, 0) is 4.74 Å². The van der Waals surface area contributed by atoms with Gasteiger partial charge >= 0.3 is 0 Å². The third-order valence-electron chi connectivity index (χ3n) is 2.90. The number of carbonyl (C=O) groups is 1. The Morgan fingerprint density at radius 2 is 2.35 bits per heavy atom. The van der Waals surface area contributed by atoms with Gasteiger partial charge in [0.25, 0.3) is 11.6 Å². The van der Waals surface area contributed by atoms with E-state index in [1.807, 2.05) is 6.07 Å². The van der Waals surface area contributed by atoms with Crippen LogP contribution in [0.3, 0.4) is 0 Å². The molecule has 1 aliphatic rings. The summed E-state index contributed by atoms with van der Waals surface area (Å²) in [5.41, 5.74) is -0.262. The molecule has 0 aliphatic carbocycles. The fourth-order valence-electron chi connectivity index (χ4n) is 1.91. The molecule has 1 unspecified atom stereocenters. The van der Waals surface area contributed by atoms with Gasteiger partial charge in [0.05, 0.1) is 29.7 Å². The van der Waals surface area contributed by atoms with Gasteiger partial charge in [-0.3, -0.25) is 14.9 Å². The van der Waals surface area contributed by atoms with Crippen LogP contribution in [0.5, 0.6) is 0 Å². The smallest absolute Gasteiger partial charge is 0.288 e. The second kappa shape index (κ2) is 5.86. The Balaban J connectivity index is 2.28. The lowest BCUT2D eigenvalue weighted by Gasteiger charge is -2.29. The lowest BCUT2D eigenvalue weighted by molar-refractivity contribution is -0.384. The van der Waals surface area contributed by atoms with E-state index >= 15 is 0 Å². The van der Waals surface area contributed by atoms with E-state index in [-0.39, 0.29) is 29.4 Å². The third-order valence-corrected chi connectivity index (χ3v) is 3.30. The predicted octanol–water partition coefficient (Wildman–Crippen LogP) is 1.61. The number of benzene rings is 1. The minimum Gasteiger partial charge on any atom is -0.360 e. The molecule has 1 amide bonds. The summed E-state index contributed by atoms with van der Waals surface area (Å²) in [6.07, 6.45) is -0.690. The minimum absolute atomic E-state index is 0.0551. The number of rotatable bonds is 2. The molecule has 1 aliphatic heterocycles. The summed E-state index contributed by atoms with van der Waals surface area (Å²) in [7, 11) is 0.